The van der Waals surface area contributed by atoms with Crippen LogP contribution in [0.5, 0.6) is 0 Å². The molecule has 0 aliphatic rings. The molecule has 0 N–H and O–H groups in total. The highest BCUT2D eigenvalue weighted by atomic mass is 35.5. The molecule has 0 aliphatic heterocycles. The molecular weight excluding hydrogens is 431 g/mol. The number of aromatic nitrogens is 4. The Balaban J connectivity index is 1.89. The predicted octanol–water partition coefficient (Wildman–Crippen LogP) is 5.52. The van der Waals surface area contributed by atoms with Crippen LogP contribution in [0.4, 0.5) is 4.39 Å². The third-order valence-corrected chi connectivity index (χ3v) is 5.66. The molecule has 0 bridgehead atoms. The van der Waals surface area contributed by atoms with Gasteiger partial charge >= 0.3 is 5.97 Å². The Morgan fingerprint density at radius 2 is 1.97 bits per heavy atom. The minimum atomic E-state index is -0.557. The summed E-state index contributed by atoms with van der Waals surface area (Å²) in [6.45, 7) is 1.84. The Kier molecular flexibility index (Phi) is 4.83. The number of benzene rings is 2. The van der Waals surface area contributed by atoms with Gasteiger partial charge in [0.2, 0.25) is 0 Å². The van der Waals surface area contributed by atoms with Gasteiger partial charge in [-0.2, -0.15) is 0 Å². The van der Waals surface area contributed by atoms with Crippen molar-refractivity contribution in [1.82, 2.24) is 19.5 Å². The molecule has 0 atom stereocenters. The van der Waals surface area contributed by atoms with E-state index in [4.69, 9.17) is 16.3 Å². The van der Waals surface area contributed by atoms with Gasteiger partial charge in [-0.1, -0.05) is 23.7 Å². The number of aryl methyl sites for hydroxylation is 1. The first kappa shape index (κ1) is 20.1. The molecule has 5 aromatic rings. The van der Waals surface area contributed by atoms with Crippen molar-refractivity contribution in [2.75, 3.05) is 7.11 Å². The molecule has 3 heterocycles. The third-order valence-electron chi connectivity index (χ3n) is 5.36. The van der Waals surface area contributed by atoms with Gasteiger partial charge in [-0.25, -0.2) is 14.2 Å². The Hall–Kier alpha value is -3.84. The topological polar surface area (TPSA) is 69.9 Å². The van der Waals surface area contributed by atoms with Gasteiger partial charge in [-0.15, -0.1) is 0 Å². The van der Waals surface area contributed by atoms with E-state index in [1.165, 1.54) is 13.3 Å². The number of esters is 1. The van der Waals surface area contributed by atoms with Crippen LogP contribution in [0, 0.1) is 12.7 Å². The van der Waals surface area contributed by atoms with Crippen molar-refractivity contribution in [3.63, 3.8) is 0 Å². The lowest BCUT2D eigenvalue weighted by Gasteiger charge is -2.12. The van der Waals surface area contributed by atoms with E-state index in [2.05, 4.69) is 15.0 Å². The second-order valence-electron chi connectivity index (χ2n) is 7.20. The van der Waals surface area contributed by atoms with Gasteiger partial charge in [-0.3, -0.25) is 14.5 Å². The van der Waals surface area contributed by atoms with E-state index in [9.17, 15) is 9.18 Å². The van der Waals surface area contributed by atoms with Crippen molar-refractivity contribution in [3.05, 3.63) is 83.3 Å². The van der Waals surface area contributed by atoms with E-state index in [1.807, 2.05) is 29.7 Å². The number of halogens is 2. The first-order chi connectivity index (χ1) is 15.5. The molecule has 3 aromatic heterocycles. The lowest BCUT2D eigenvalue weighted by Crippen LogP contribution is -2.04. The second-order valence-corrected chi connectivity index (χ2v) is 7.61. The van der Waals surface area contributed by atoms with Crippen molar-refractivity contribution in [3.8, 4) is 16.8 Å². The van der Waals surface area contributed by atoms with Gasteiger partial charge in [0.25, 0.3) is 0 Å². The number of pyridine rings is 2. The molecule has 2 aromatic carbocycles. The standard InChI is InChI=1S/C24H16ClFN4O2/c1-13-29-23-17(24(31)32-2)10-14(15-6-8-27-12-19(15)26)11-21(23)30(13)20-7-9-28-22-16(20)4-3-5-18(22)25/h3-12H,1-2H3. The van der Waals surface area contributed by atoms with E-state index in [-0.39, 0.29) is 5.56 Å². The monoisotopic (exact) mass is 446 g/mol. The fraction of sp³-hybridized carbons (Fsp3) is 0.0833. The number of ether oxygens (including phenoxy) is 1. The summed E-state index contributed by atoms with van der Waals surface area (Å²) in [4.78, 5) is 25.5. The Labute approximate surface area is 187 Å². The van der Waals surface area contributed by atoms with Gasteiger partial charge in [0.05, 0.1) is 40.6 Å². The normalized spacial score (nSPS) is 11.2. The lowest BCUT2D eigenvalue weighted by molar-refractivity contribution is 0.0603. The molecule has 0 unspecified atom stereocenters. The maximum Gasteiger partial charge on any atom is 0.340 e. The summed E-state index contributed by atoms with van der Waals surface area (Å²) in [6, 6.07) is 12.3. The highest BCUT2D eigenvalue weighted by Crippen LogP contribution is 2.34. The number of carbonyl (C=O) groups is 1. The van der Waals surface area contributed by atoms with E-state index >= 15 is 0 Å². The minimum absolute atomic E-state index is 0.245. The predicted molar refractivity (Wildman–Crippen MR) is 121 cm³/mol. The molecule has 0 saturated heterocycles. The zero-order chi connectivity index (χ0) is 22.4. The van der Waals surface area contributed by atoms with Crippen LogP contribution >= 0.6 is 11.6 Å². The molecule has 5 rings (SSSR count). The zero-order valence-electron chi connectivity index (χ0n) is 17.1. The van der Waals surface area contributed by atoms with E-state index in [0.717, 1.165) is 17.3 Å². The Morgan fingerprint density at radius 3 is 2.75 bits per heavy atom. The number of rotatable bonds is 3. The summed E-state index contributed by atoms with van der Waals surface area (Å²) in [5, 5.41) is 1.35. The van der Waals surface area contributed by atoms with Crippen LogP contribution in [0.3, 0.4) is 0 Å². The molecule has 0 aliphatic carbocycles. The average molecular weight is 447 g/mol. The molecular formula is C24H16ClFN4O2. The number of nitrogens with zero attached hydrogens (tertiary/aromatic N) is 4. The maximum atomic E-state index is 14.5. The largest absolute Gasteiger partial charge is 0.465 e. The van der Waals surface area contributed by atoms with Crippen LogP contribution in [0.2, 0.25) is 5.02 Å². The van der Waals surface area contributed by atoms with Gasteiger partial charge in [0, 0.05) is 23.3 Å². The van der Waals surface area contributed by atoms with Crippen molar-refractivity contribution < 1.29 is 13.9 Å². The second kappa shape index (κ2) is 7.69. The number of hydrogen-bond donors (Lipinski definition) is 0. The van der Waals surface area contributed by atoms with Crippen LogP contribution in [-0.4, -0.2) is 32.6 Å². The number of methoxy groups -OCH3 is 1. The van der Waals surface area contributed by atoms with Crippen LogP contribution in [0.25, 0.3) is 38.8 Å². The number of imidazole rings is 1. The number of carbonyl (C=O) groups excluding carboxylic acids is 1. The van der Waals surface area contributed by atoms with Crippen molar-refractivity contribution in [2.45, 2.75) is 6.92 Å². The third kappa shape index (κ3) is 3.09. The summed E-state index contributed by atoms with van der Waals surface area (Å²) in [6.07, 6.45) is 4.31. The van der Waals surface area contributed by atoms with E-state index < -0.39 is 11.8 Å². The van der Waals surface area contributed by atoms with Gasteiger partial charge in [0.15, 0.2) is 0 Å². The quantitative estimate of drug-likeness (QED) is 0.341. The number of hydrogen-bond acceptors (Lipinski definition) is 5. The van der Waals surface area contributed by atoms with Crippen molar-refractivity contribution >= 4 is 39.5 Å². The Bertz CT molecular complexity index is 1530. The molecule has 158 valence electrons. The smallest absolute Gasteiger partial charge is 0.340 e. The molecule has 0 saturated carbocycles. The average Bonchev–Trinajstić information content (AvgIpc) is 3.13. The zero-order valence-corrected chi connectivity index (χ0v) is 17.9. The summed E-state index contributed by atoms with van der Waals surface area (Å²) in [7, 11) is 1.30. The number of fused-ring (bicyclic) bond motifs is 2. The van der Waals surface area contributed by atoms with Crippen molar-refractivity contribution in [1.29, 1.82) is 0 Å². The van der Waals surface area contributed by atoms with Gasteiger partial charge in [-0.05, 0) is 42.8 Å². The molecule has 0 fully saturated rings. The summed E-state index contributed by atoms with van der Waals surface area (Å²) in [5.41, 5.74) is 3.60. The minimum Gasteiger partial charge on any atom is -0.465 e. The molecule has 8 heteroatoms. The fourth-order valence-corrected chi connectivity index (χ4v) is 4.17. The first-order valence-electron chi connectivity index (χ1n) is 9.74. The molecule has 32 heavy (non-hydrogen) atoms. The van der Waals surface area contributed by atoms with Gasteiger partial charge in [0.1, 0.15) is 17.2 Å². The van der Waals surface area contributed by atoms with Crippen LogP contribution in [-0.2, 0) is 4.74 Å². The fourth-order valence-electron chi connectivity index (χ4n) is 3.95. The molecule has 0 spiro atoms. The molecule has 0 radical (unpaired) electrons. The maximum absolute atomic E-state index is 14.5. The summed E-state index contributed by atoms with van der Waals surface area (Å²) < 4.78 is 21.4. The van der Waals surface area contributed by atoms with Crippen molar-refractivity contribution in [2.24, 2.45) is 0 Å². The molecule has 0 amide bonds. The highest BCUT2D eigenvalue weighted by molar-refractivity contribution is 6.35. The molecule has 6 nitrogen and oxygen atoms in total. The lowest BCUT2D eigenvalue weighted by atomic mass is 10.0. The first-order valence-corrected chi connectivity index (χ1v) is 10.1. The summed E-state index contributed by atoms with van der Waals surface area (Å²) >= 11 is 6.36. The Morgan fingerprint density at radius 1 is 1.12 bits per heavy atom. The summed E-state index contributed by atoms with van der Waals surface area (Å²) in [5.74, 6) is -0.407. The van der Waals surface area contributed by atoms with Gasteiger partial charge < -0.3 is 4.74 Å². The van der Waals surface area contributed by atoms with Crippen LogP contribution < -0.4 is 0 Å². The van der Waals surface area contributed by atoms with Crippen LogP contribution in [0.1, 0.15) is 16.2 Å². The van der Waals surface area contributed by atoms with Crippen LogP contribution in [0.15, 0.2) is 61.1 Å². The highest BCUT2D eigenvalue weighted by Gasteiger charge is 2.21. The van der Waals surface area contributed by atoms with E-state index in [0.29, 0.717) is 38.5 Å². The number of para-hydroxylation sites is 1. The SMILES string of the molecule is COC(=O)c1cc(-c2ccncc2F)cc2c1nc(C)n2-c1ccnc2c(Cl)cccc12. The van der Waals surface area contributed by atoms with E-state index in [1.54, 1.807) is 30.5 Å².